The SMILES string of the molecule is Cc1ncc(NC2CCOC2)nc1C. The largest absolute Gasteiger partial charge is 0.379 e. The van der Waals surface area contributed by atoms with E-state index < -0.39 is 0 Å². The lowest BCUT2D eigenvalue weighted by atomic mass is 10.2. The van der Waals surface area contributed by atoms with Crippen LogP contribution in [-0.4, -0.2) is 29.2 Å². The third-order valence-corrected chi connectivity index (χ3v) is 2.47. The van der Waals surface area contributed by atoms with Crippen molar-refractivity contribution in [2.75, 3.05) is 18.5 Å². The summed E-state index contributed by atoms with van der Waals surface area (Å²) in [5.74, 6) is 0.851. The van der Waals surface area contributed by atoms with Crippen LogP contribution in [0.3, 0.4) is 0 Å². The van der Waals surface area contributed by atoms with E-state index in [1.54, 1.807) is 6.20 Å². The Morgan fingerprint density at radius 2 is 2.29 bits per heavy atom. The normalized spacial score (nSPS) is 21.1. The Balaban J connectivity index is 2.05. The van der Waals surface area contributed by atoms with Crippen molar-refractivity contribution in [2.45, 2.75) is 26.3 Å². The second kappa shape index (κ2) is 3.92. The third-order valence-electron chi connectivity index (χ3n) is 2.47. The molecule has 2 heterocycles. The van der Waals surface area contributed by atoms with Gasteiger partial charge >= 0.3 is 0 Å². The van der Waals surface area contributed by atoms with Crippen molar-refractivity contribution >= 4 is 5.82 Å². The molecule has 1 saturated heterocycles. The zero-order chi connectivity index (χ0) is 9.97. The van der Waals surface area contributed by atoms with Gasteiger partial charge in [-0.15, -0.1) is 0 Å². The number of hydrogen-bond donors (Lipinski definition) is 1. The Labute approximate surface area is 83.7 Å². The number of aryl methyl sites for hydroxylation is 2. The lowest BCUT2D eigenvalue weighted by Crippen LogP contribution is -2.20. The predicted octanol–water partition coefficient (Wildman–Crippen LogP) is 1.29. The summed E-state index contributed by atoms with van der Waals surface area (Å²) in [6.45, 7) is 5.55. The summed E-state index contributed by atoms with van der Waals surface area (Å²) in [6.07, 6.45) is 2.83. The standard InChI is InChI=1S/C10H15N3O/c1-7-8(2)12-10(5-11-7)13-9-3-4-14-6-9/h5,9H,3-4,6H2,1-2H3,(H,12,13). The van der Waals surface area contributed by atoms with E-state index in [1.165, 1.54) is 0 Å². The average Bonchev–Trinajstić information content (AvgIpc) is 2.64. The predicted molar refractivity (Wildman–Crippen MR) is 54.4 cm³/mol. The van der Waals surface area contributed by atoms with Gasteiger partial charge in [0.05, 0.1) is 30.2 Å². The molecule has 1 aliphatic rings. The first-order chi connectivity index (χ1) is 6.75. The highest BCUT2D eigenvalue weighted by Crippen LogP contribution is 2.11. The number of aromatic nitrogens is 2. The van der Waals surface area contributed by atoms with E-state index in [0.29, 0.717) is 6.04 Å². The molecule has 1 fully saturated rings. The summed E-state index contributed by atoms with van der Waals surface area (Å²) in [6, 6.07) is 0.395. The molecule has 76 valence electrons. The van der Waals surface area contributed by atoms with Crippen LogP contribution in [-0.2, 0) is 4.74 Å². The van der Waals surface area contributed by atoms with Crippen LogP contribution in [0.1, 0.15) is 17.8 Å². The number of nitrogens with zero attached hydrogens (tertiary/aromatic N) is 2. The summed E-state index contributed by atoms with van der Waals surface area (Å²) < 4.78 is 5.27. The maximum Gasteiger partial charge on any atom is 0.145 e. The summed E-state index contributed by atoms with van der Waals surface area (Å²) in [5.41, 5.74) is 1.96. The van der Waals surface area contributed by atoms with Crippen LogP contribution in [0.25, 0.3) is 0 Å². The van der Waals surface area contributed by atoms with E-state index in [1.807, 2.05) is 13.8 Å². The molecular formula is C10H15N3O. The fourth-order valence-corrected chi connectivity index (χ4v) is 1.47. The molecule has 2 rings (SSSR count). The van der Waals surface area contributed by atoms with Crippen molar-refractivity contribution < 1.29 is 4.74 Å². The van der Waals surface area contributed by atoms with Crippen molar-refractivity contribution in [3.8, 4) is 0 Å². The van der Waals surface area contributed by atoms with Gasteiger partial charge in [-0.2, -0.15) is 0 Å². The first-order valence-electron chi connectivity index (χ1n) is 4.90. The van der Waals surface area contributed by atoms with Crippen molar-refractivity contribution in [1.82, 2.24) is 9.97 Å². The summed E-state index contributed by atoms with van der Waals surface area (Å²) in [7, 11) is 0. The van der Waals surface area contributed by atoms with E-state index in [0.717, 1.165) is 36.8 Å². The summed E-state index contributed by atoms with van der Waals surface area (Å²) >= 11 is 0. The molecule has 0 aliphatic carbocycles. The maximum atomic E-state index is 5.27. The Bertz CT molecular complexity index is 321. The van der Waals surface area contributed by atoms with E-state index in [-0.39, 0.29) is 0 Å². The minimum Gasteiger partial charge on any atom is -0.379 e. The molecule has 4 heteroatoms. The van der Waals surface area contributed by atoms with Gasteiger partial charge in [0.2, 0.25) is 0 Å². The molecule has 1 unspecified atom stereocenters. The first-order valence-corrected chi connectivity index (χ1v) is 4.90. The van der Waals surface area contributed by atoms with Crippen molar-refractivity contribution in [1.29, 1.82) is 0 Å². The van der Waals surface area contributed by atoms with Crippen LogP contribution in [0.2, 0.25) is 0 Å². The fraction of sp³-hybridized carbons (Fsp3) is 0.600. The van der Waals surface area contributed by atoms with Crippen LogP contribution in [0.5, 0.6) is 0 Å². The lowest BCUT2D eigenvalue weighted by molar-refractivity contribution is 0.195. The average molecular weight is 193 g/mol. The third kappa shape index (κ3) is 2.01. The number of ether oxygens (including phenoxy) is 1. The topological polar surface area (TPSA) is 47.0 Å². The molecule has 0 saturated carbocycles. The van der Waals surface area contributed by atoms with Crippen LogP contribution < -0.4 is 5.32 Å². The lowest BCUT2D eigenvalue weighted by Gasteiger charge is -2.11. The molecule has 1 aliphatic heterocycles. The highest BCUT2D eigenvalue weighted by atomic mass is 16.5. The van der Waals surface area contributed by atoms with Gasteiger partial charge in [0.15, 0.2) is 0 Å². The molecule has 1 N–H and O–H groups in total. The van der Waals surface area contributed by atoms with Crippen molar-refractivity contribution in [2.24, 2.45) is 0 Å². The molecular weight excluding hydrogens is 178 g/mol. The highest BCUT2D eigenvalue weighted by molar-refractivity contribution is 5.34. The van der Waals surface area contributed by atoms with E-state index in [4.69, 9.17) is 4.74 Å². The van der Waals surface area contributed by atoms with Gasteiger partial charge in [-0.3, -0.25) is 4.98 Å². The second-order valence-electron chi connectivity index (χ2n) is 3.63. The molecule has 0 amide bonds. The van der Waals surface area contributed by atoms with Crippen LogP contribution in [0.4, 0.5) is 5.82 Å². The monoisotopic (exact) mass is 193 g/mol. The zero-order valence-electron chi connectivity index (χ0n) is 8.58. The molecule has 0 radical (unpaired) electrons. The van der Waals surface area contributed by atoms with Gasteiger partial charge < -0.3 is 10.1 Å². The Morgan fingerprint density at radius 1 is 1.43 bits per heavy atom. The Kier molecular flexibility index (Phi) is 2.63. The van der Waals surface area contributed by atoms with E-state index in [2.05, 4.69) is 15.3 Å². The van der Waals surface area contributed by atoms with Crippen LogP contribution in [0.15, 0.2) is 6.20 Å². The molecule has 1 atom stereocenters. The maximum absolute atomic E-state index is 5.27. The van der Waals surface area contributed by atoms with Gasteiger partial charge in [-0.25, -0.2) is 4.98 Å². The smallest absolute Gasteiger partial charge is 0.145 e. The second-order valence-corrected chi connectivity index (χ2v) is 3.63. The van der Waals surface area contributed by atoms with Crippen molar-refractivity contribution in [3.63, 3.8) is 0 Å². The molecule has 0 spiro atoms. The minimum atomic E-state index is 0.395. The van der Waals surface area contributed by atoms with Gasteiger partial charge in [0.25, 0.3) is 0 Å². The number of nitrogens with one attached hydrogen (secondary N) is 1. The number of rotatable bonds is 2. The molecule has 14 heavy (non-hydrogen) atoms. The Hall–Kier alpha value is -1.16. The van der Waals surface area contributed by atoms with Gasteiger partial charge in [-0.05, 0) is 20.3 Å². The highest BCUT2D eigenvalue weighted by Gasteiger charge is 2.15. The van der Waals surface area contributed by atoms with Gasteiger partial charge in [0.1, 0.15) is 5.82 Å². The number of hydrogen-bond acceptors (Lipinski definition) is 4. The van der Waals surface area contributed by atoms with Gasteiger partial charge in [-0.1, -0.05) is 0 Å². The molecule has 1 aromatic rings. The Morgan fingerprint density at radius 3 is 2.93 bits per heavy atom. The quantitative estimate of drug-likeness (QED) is 0.769. The van der Waals surface area contributed by atoms with E-state index >= 15 is 0 Å². The van der Waals surface area contributed by atoms with Gasteiger partial charge in [0, 0.05) is 6.61 Å². The molecule has 0 bridgehead atoms. The van der Waals surface area contributed by atoms with Crippen LogP contribution in [0, 0.1) is 13.8 Å². The molecule has 1 aromatic heterocycles. The van der Waals surface area contributed by atoms with Crippen molar-refractivity contribution in [3.05, 3.63) is 17.6 Å². The minimum absolute atomic E-state index is 0.395. The number of anilines is 1. The fourth-order valence-electron chi connectivity index (χ4n) is 1.47. The zero-order valence-corrected chi connectivity index (χ0v) is 8.58. The van der Waals surface area contributed by atoms with Crippen LogP contribution >= 0.6 is 0 Å². The summed E-state index contributed by atoms with van der Waals surface area (Å²) in [4.78, 5) is 8.66. The molecule has 4 nitrogen and oxygen atoms in total. The molecule has 0 aromatic carbocycles. The first kappa shape index (κ1) is 9.40. The summed E-state index contributed by atoms with van der Waals surface area (Å²) in [5, 5.41) is 3.31. The van der Waals surface area contributed by atoms with E-state index in [9.17, 15) is 0 Å².